The third-order valence-electron chi connectivity index (χ3n) is 3.35. The molecule has 0 atom stereocenters. The van der Waals surface area contributed by atoms with E-state index in [-0.39, 0.29) is 0 Å². The van der Waals surface area contributed by atoms with Crippen molar-refractivity contribution in [1.29, 1.82) is 10.5 Å². The summed E-state index contributed by atoms with van der Waals surface area (Å²) < 4.78 is 0. The minimum absolute atomic E-state index is 0.698. The van der Waals surface area contributed by atoms with Crippen LogP contribution in [0.3, 0.4) is 0 Å². The van der Waals surface area contributed by atoms with Crippen molar-refractivity contribution >= 4 is 0 Å². The van der Waals surface area contributed by atoms with Crippen LogP contribution in [-0.2, 0) is 0 Å². The number of nitriles is 2. The average molecular weight is 263 g/mol. The summed E-state index contributed by atoms with van der Waals surface area (Å²) in [6.07, 6.45) is 10.8. The van der Waals surface area contributed by atoms with Crippen LogP contribution in [0.5, 0.6) is 0 Å². The molecule has 0 unspecified atom stereocenters. The first kappa shape index (κ1) is 17.9. The molecule has 0 bridgehead atoms. The lowest BCUT2D eigenvalue weighted by Gasteiger charge is -2.22. The molecule has 0 spiro atoms. The number of hydrogen-bond donors (Lipinski definition) is 0. The van der Waals surface area contributed by atoms with Crippen molar-refractivity contribution in [2.24, 2.45) is 0 Å². The molecule has 0 aliphatic carbocycles. The second kappa shape index (κ2) is 15.0. The Kier molecular flexibility index (Phi) is 14.2. The van der Waals surface area contributed by atoms with Gasteiger partial charge in [-0.2, -0.15) is 10.5 Å². The van der Waals surface area contributed by atoms with Gasteiger partial charge in [0, 0.05) is 12.8 Å². The van der Waals surface area contributed by atoms with Crippen molar-refractivity contribution in [2.75, 3.05) is 19.6 Å². The molecule has 0 aliphatic rings. The fraction of sp³-hybridized carbons (Fsp3) is 0.875. The summed E-state index contributed by atoms with van der Waals surface area (Å²) >= 11 is 0. The number of rotatable bonds is 13. The molecule has 0 amide bonds. The molecule has 0 aliphatic heterocycles. The molecular weight excluding hydrogens is 234 g/mol. The van der Waals surface area contributed by atoms with Gasteiger partial charge in [-0.15, -0.1) is 0 Å². The highest BCUT2D eigenvalue weighted by molar-refractivity contribution is 4.69. The summed E-state index contributed by atoms with van der Waals surface area (Å²) in [7, 11) is 0. The highest BCUT2D eigenvalue weighted by atomic mass is 15.1. The van der Waals surface area contributed by atoms with E-state index in [2.05, 4.69) is 24.0 Å². The molecule has 0 saturated carbocycles. The Labute approximate surface area is 119 Å². The van der Waals surface area contributed by atoms with E-state index < -0.39 is 0 Å². The summed E-state index contributed by atoms with van der Waals surface area (Å²) in [6, 6.07) is 4.41. The van der Waals surface area contributed by atoms with Gasteiger partial charge in [0.1, 0.15) is 0 Å². The lowest BCUT2D eigenvalue weighted by atomic mass is 10.1. The molecule has 0 radical (unpaired) electrons. The van der Waals surface area contributed by atoms with Crippen LogP contribution in [0.4, 0.5) is 0 Å². The summed E-state index contributed by atoms with van der Waals surface area (Å²) in [5.74, 6) is 0. The summed E-state index contributed by atoms with van der Waals surface area (Å²) in [5.41, 5.74) is 0. The van der Waals surface area contributed by atoms with Gasteiger partial charge in [-0.05, 0) is 51.7 Å². The fourth-order valence-corrected chi connectivity index (χ4v) is 2.15. The van der Waals surface area contributed by atoms with E-state index in [4.69, 9.17) is 10.5 Å². The summed E-state index contributed by atoms with van der Waals surface area (Å²) in [5, 5.41) is 17.0. The van der Waals surface area contributed by atoms with E-state index in [1.807, 2.05) is 0 Å². The highest BCUT2D eigenvalue weighted by Gasteiger charge is 2.03. The first-order valence-corrected chi connectivity index (χ1v) is 7.81. The zero-order valence-electron chi connectivity index (χ0n) is 12.5. The maximum atomic E-state index is 8.49. The van der Waals surface area contributed by atoms with Crippen LogP contribution in [-0.4, -0.2) is 24.5 Å². The molecule has 0 heterocycles. The Hall–Kier alpha value is -1.06. The molecular formula is C16H29N3. The van der Waals surface area contributed by atoms with Crippen molar-refractivity contribution in [3.63, 3.8) is 0 Å². The summed E-state index contributed by atoms with van der Waals surface area (Å²) in [6.45, 7) is 5.78. The quantitative estimate of drug-likeness (QED) is 0.467. The first-order valence-electron chi connectivity index (χ1n) is 7.81. The molecule has 0 rings (SSSR count). The molecule has 0 aromatic rings. The smallest absolute Gasteiger partial charge is 0.0621 e. The van der Waals surface area contributed by atoms with Crippen LogP contribution in [0, 0.1) is 22.7 Å². The van der Waals surface area contributed by atoms with Gasteiger partial charge in [0.2, 0.25) is 0 Å². The van der Waals surface area contributed by atoms with Gasteiger partial charge in [-0.1, -0.05) is 26.2 Å². The second-order valence-corrected chi connectivity index (χ2v) is 5.13. The largest absolute Gasteiger partial charge is 0.303 e. The Morgan fingerprint density at radius 1 is 0.684 bits per heavy atom. The van der Waals surface area contributed by atoms with Crippen molar-refractivity contribution in [2.45, 2.75) is 71.1 Å². The lowest BCUT2D eigenvalue weighted by molar-refractivity contribution is 0.257. The minimum Gasteiger partial charge on any atom is -0.303 e. The minimum atomic E-state index is 0.698. The van der Waals surface area contributed by atoms with Crippen LogP contribution in [0.1, 0.15) is 71.1 Å². The van der Waals surface area contributed by atoms with E-state index in [0.29, 0.717) is 12.8 Å². The fourth-order valence-electron chi connectivity index (χ4n) is 2.15. The van der Waals surface area contributed by atoms with E-state index in [9.17, 15) is 0 Å². The zero-order chi connectivity index (χ0) is 14.2. The Bertz CT molecular complexity index is 238. The second-order valence-electron chi connectivity index (χ2n) is 5.13. The first-order chi connectivity index (χ1) is 9.35. The predicted octanol–water partition coefficient (Wildman–Crippen LogP) is 4.26. The van der Waals surface area contributed by atoms with Crippen molar-refractivity contribution in [3.05, 3.63) is 0 Å². The van der Waals surface area contributed by atoms with Crippen molar-refractivity contribution in [1.82, 2.24) is 4.90 Å². The zero-order valence-corrected chi connectivity index (χ0v) is 12.5. The molecule has 0 aromatic carbocycles. The highest BCUT2D eigenvalue weighted by Crippen LogP contribution is 2.06. The van der Waals surface area contributed by atoms with Crippen LogP contribution < -0.4 is 0 Å². The molecule has 0 aromatic heterocycles. The van der Waals surface area contributed by atoms with E-state index >= 15 is 0 Å². The van der Waals surface area contributed by atoms with Crippen LogP contribution >= 0.6 is 0 Å². The standard InChI is InChI=1S/C16H29N3/c1-2-3-14-19(15-10-6-4-8-12-17)16-11-7-5-9-13-18/h2-11,14-16H2,1H3. The van der Waals surface area contributed by atoms with Crippen LogP contribution in [0.15, 0.2) is 0 Å². The Balaban J connectivity index is 3.63. The number of hydrogen-bond acceptors (Lipinski definition) is 3. The molecule has 19 heavy (non-hydrogen) atoms. The molecule has 3 heteroatoms. The summed E-state index contributed by atoms with van der Waals surface area (Å²) in [4.78, 5) is 2.56. The molecule has 108 valence electrons. The SMILES string of the molecule is CCCCN(CCCCCC#N)CCCCCC#N. The van der Waals surface area contributed by atoms with Crippen molar-refractivity contribution in [3.8, 4) is 12.1 Å². The maximum absolute atomic E-state index is 8.49. The number of nitrogens with zero attached hydrogens (tertiary/aromatic N) is 3. The van der Waals surface area contributed by atoms with Gasteiger partial charge in [-0.25, -0.2) is 0 Å². The third-order valence-corrected chi connectivity index (χ3v) is 3.35. The normalized spacial score (nSPS) is 10.3. The Morgan fingerprint density at radius 2 is 1.16 bits per heavy atom. The van der Waals surface area contributed by atoms with Crippen molar-refractivity contribution < 1.29 is 0 Å². The van der Waals surface area contributed by atoms with Crippen LogP contribution in [0.2, 0.25) is 0 Å². The van der Waals surface area contributed by atoms with E-state index in [1.165, 1.54) is 58.2 Å². The molecule has 0 saturated heterocycles. The predicted molar refractivity (Wildman–Crippen MR) is 79.5 cm³/mol. The average Bonchev–Trinajstić information content (AvgIpc) is 2.43. The van der Waals surface area contributed by atoms with Gasteiger partial charge in [0.05, 0.1) is 12.1 Å². The van der Waals surface area contributed by atoms with Gasteiger partial charge >= 0.3 is 0 Å². The van der Waals surface area contributed by atoms with Gasteiger partial charge < -0.3 is 4.90 Å². The topological polar surface area (TPSA) is 50.8 Å². The lowest BCUT2D eigenvalue weighted by Crippen LogP contribution is -2.27. The van der Waals surface area contributed by atoms with Gasteiger partial charge in [0.25, 0.3) is 0 Å². The van der Waals surface area contributed by atoms with E-state index in [0.717, 1.165) is 12.8 Å². The van der Waals surface area contributed by atoms with Crippen LogP contribution in [0.25, 0.3) is 0 Å². The van der Waals surface area contributed by atoms with E-state index in [1.54, 1.807) is 0 Å². The van der Waals surface area contributed by atoms with Gasteiger partial charge in [-0.3, -0.25) is 0 Å². The molecule has 0 fully saturated rings. The molecule has 0 N–H and O–H groups in total. The Morgan fingerprint density at radius 3 is 1.58 bits per heavy atom. The van der Waals surface area contributed by atoms with Gasteiger partial charge in [0.15, 0.2) is 0 Å². The maximum Gasteiger partial charge on any atom is 0.0621 e. The third kappa shape index (κ3) is 13.2. The number of unbranched alkanes of at least 4 members (excludes halogenated alkanes) is 7. The monoisotopic (exact) mass is 263 g/mol. The molecule has 3 nitrogen and oxygen atoms in total.